The highest BCUT2D eigenvalue weighted by Gasteiger charge is 2.35. The molecule has 134 valence electrons. The Morgan fingerprint density at radius 2 is 2.12 bits per heavy atom. The maximum Gasteiger partial charge on any atom is 0.433 e. The molecule has 1 aromatic carbocycles. The smallest absolute Gasteiger partial charge is 0.349 e. The fourth-order valence-electron chi connectivity index (χ4n) is 3.26. The van der Waals surface area contributed by atoms with Gasteiger partial charge < -0.3 is 11.1 Å². The van der Waals surface area contributed by atoms with E-state index >= 15 is 0 Å². The van der Waals surface area contributed by atoms with Gasteiger partial charge in [0.15, 0.2) is 0 Å². The van der Waals surface area contributed by atoms with Crippen molar-refractivity contribution in [2.24, 2.45) is 11.7 Å². The van der Waals surface area contributed by atoms with Crippen LogP contribution in [0, 0.1) is 5.92 Å². The second-order valence-corrected chi connectivity index (χ2v) is 6.18. The normalized spacial score (nSPS) is 20.6. The number of aromatic nitrogens is 2. The lowest BCUT2D eigenvalue weighted by molar-refractivity contribution is -0.142. The number of carbonyl (C=O) groups is 1. The number of rotatable bonds is 4. The molecule has 8 heteroatoms. The molecule has 1 fully saturated rings. The summed E-state index contributed by atoms with van der Waals surface area (Å²) in [5.74, 6) is -0.0667. The van der Waals surface area contributed by atoms with E-state index in [4.69, 9.17) is 5.73 Å². The van der Waals surface area contributed by atoms with Crippen LogP contribution >= 0.6 is 0 Å². The van der Waals surface area contributed by atoms with Crippen molar-refractivity contribution in [1.29, 1.82) is 0 Å². The zero-order chi connectivity index (χ0) is 18.0. The predicted molar refractivity (Wildman–Crippen MR) is 86.2 cm³/mol. The van der Waals surface area contributed by atoms with Crippen molar-refractivity contribution < 1.29 is 18.0 Å². The van der Waals surface area contributed by atoms with Gasteiger partial charge in [-0.25, -0.2) is 4.68 Å². The van der Waals surface area contributed by atoms with Crippen LogP contribution in [0.3, 0.4) is 0 Å². The molecule has 0 bridgehead atoms. The van der Waals surface area contributed by atoms with Crippen molar-refractivity contribution in [2.45, 2.75) is 31.5 Å². The summed E-state index contributed by atoms with van der Waals surface area (Å²) >= 11 is 0. The third-order valence-corrected chi connectivity index (χ3v) is 4.56. The fraction of sp³-hybridized carbons (Fsp3) is 0.412. The minimum absolute atomic E-state index is 0.0107. The summed E-state index contributed by atoms with van der Waals surface area (Å²) in [7, 11) is 0. The fourth-order valence-corrected chi connectivity index (χ4v) is 3.26. The molecule has 2 unspecified atom stereocenters. The summed E-state index contributed by atoms with van der Waals surface area (Å²) in [6, 6.07) is 6.92. The van der Waals surface area contributed by atoms with E-state index in [-0.39, 0.29) is 23.6 Å². The Morgan fingerprint density at radius 3 is 2.84 bits per heavy atom. The predicted octanol–water partition coefficient (Wildman–Crippen LogP) is 2.75. The number of hydrogen-bond acceptors (Lipinski definition) is 3. The van der Waals surface area contributed by atoms with Gasteiger partial charge in [-0.2, -0.15) is 18.3 Å². The van der Waals surface area contributed by atoms with Gasteiger partial charge in [-0.3, -0.25) is 4.79 Å². The van der Waals surface area contributed by atoms with E-state index in [9.17, 15) is 18.0 Å². The van der Waals surface area contributed by atoms with Gasteiger partial charge in [0.1, 0.15) is 5.69 Å². The lowest BCUT2D eigenvalue weighted by Gasteiger charge is -2.19. The summed E-state index contributed by atoms with van der Waals surface area (Å²) in [5, 5.41) is 6.67. The second kappa shape index (κ2) is 6.87. The first-order chi connectivity index (χ1) is 11.9. The van der Waals surface area contributed by atoms with Crippen molar-refractivity contribution in [3.63, 3.8) is 0 Å². The average Bonchev–Trinajstić information content (AvgIpc) is 3.23. The Bertz CT molecular complexity index is 756. The van der Waals surface area contributed by atoms with Gasteiger partial charge in [0, 0.05) is 11.6 Å². The van der Waals surface area contributed by atoms with Gasteiger partial charge in [0.25, 0.3) is 5.91 Å². The average molecular weight is 352 g/mol. The number of benzene rings is 1. The lowest BCUT2D eigenvalue weighted by Crippen LogP contribution is -2.39. The Hall–Kier alpha value is -2.35. The molecule has 2 atom stereocenters. The van der Waals surface area contributed by atoms with Crippen molar-refractivity contribution >= 4 is 5.91 Å². The quantitative estimate of drug-likeness (QED) is 0.889. The van der Waals surface area contributed by atoms with E-state index < -0.39 is 11.9 Å². The van der Waals surface area contributed by atoms with Crippen LogP contribution in [0.15, 0.2) is 36.5 Å². The number of nitrogens with two attached hydrogens (primary N) is 1. The monoisotopic (exact) mass is 352 g/mol. The summed E-state index contributed by atoms with van der Waals surface area (Å²) in [5.41, 5.74) is 5.31. The maximum absolute atomic E-state index is 13.0. The van der Waals surface area contributed by atoms with E-state index in [1.165, 1.54) is 12.1 Å². The van der Waals surface area contributed by atoms with E-state index in [1.807, 2.05) is 0 Å². The maximum atomic E-state index is 13.0. The molecule has 25 heavy (non-hydrogen) atoms. The van der Waals surface area contributed by atoms with E-state index in [1.54, 1.807) is 12.1 Å². The minimum atomic E-state index is -4.52. The number of halogens is 3. The molecule has 0 radical (unpaired) electrons. The van der Waals surface area contributed by atoms with Gasteiger partial charge in [0.2, 0.25) is 0 Å². The molecule has 1 aliphatic rings. The van der Waals surface area contributed by atoms with Crippen LogP contribution in [0.5, 0.6) is 0 Å². The molecule has 0 spiro atoms. The van der Waals surface area contributed by atoms with Gasteiger partial charge >= 0.3 is 6.18 Å². The van der Waals surface area contributed by atoms with Gasteiger partial charge in [-0.15, -0.1) is 0 Å². The molecular weight excluding hydrogens is 333 g/mol. The standard InChI is InChI=1S/C17H19F3N4O/c18-17(19,20)15-7-8-22-24(15)13-5-1-3-11(9-13)16(25)23-14-6-2-4-12(14)10-21/h1,3,5,7-9,12,14H,2,4,6,10,21H2,(H,23,25). The highest BCUT2D eigenvalue weighted by Crippen LogP contribution is 2.30. The van der Waals surface area contributed by atoms with Crippen LogP contribution in [-0.4, -0.2) is 28.3 Å². The molecule has 1 saturated carbocycles. The zero-order valence-electron chi connectivity index (χ0n) is 13.5. The van der Waals surface area contributed by atoms with E-state index in [2.05, 4.69) is 10.4 Å². The zero-order valence-corrected chi connectivity index (χ0v) is 13.5. The molecule has 1 aliphatic carbocycles. The van der Waals surface area contributed by atoms with Gasteiger partial charge in [-0.05, 0) is 49.6 Å². The Kier molecular flexibility index (Phi) is 4.80. The Balaban J connectivity index is 1.82. The number of hydrogen-bond donors (Lipinski definition) is 2. The van der Waals surface area contributed by atoms with Gasteiger partial charge in [0.05, 0.1) is 11.9 Å². The summed E-state index contributed by atoms with van der Waals surface area (Å²) < 4.78 is 39.9. The molecule has 5 nitrogen and oxygen atoms in total. The first-order valence-electron chi connectivity index (χ1n) is 8.12. The molecule has 0 aliphatic heterocycles. The van der Waals surface area contributed by atoms with E-state index in [0.29, 0.717) is 12.1 Å². The van der Waals surface area contributed by atoms with Crippen LogP contribution < -0.4 is 11.1 Å². The van der Waals surface area contributed by atoms with Crippen LogP contribution in [0.4, 0.5) is 13.2 Å². The molecule has 1 aromatic heterocycles. The molecule has 1 heterocycles. The van der Waals surface area contributed by atoms with Crippen LogP contribution in [0.2, 0.25) is 0 Å². The van der Waals surface area contributed by atoms with Crippen LogP contribution in [0.25, 0.3) is 5.69 Å². The first kappa shape index (κ1) is 17.5. The third-order valence-electron chi connectivity index (χ3n) is 4.56. The van der Waals surface area contributed by atoms with Crippen molar-refractivity contribution in [3.05, 3.63) is 47.8 Å². The second-order valence-electron chi connectivity index (χ2n) is 6.18. The van der Waals surface area contributed by atoms with Crippen LogP contribution in [-0.2, 0) is 6.18 Å². The Morgan fingerprint density at radius 1 is 1.32 bits per heavy atom. The topological polar surface area (TPSA) is 72.9 Å². The van der Waals surface area contributed by atoms with Gasteiger partial charge in [-0.1, -0.05) is 12.5 Å². The Labute approximate surface area is 143 Å². The molecule has 1 amide bonds. The lowest BCUT2D eigenvalue weighted by atomic mass is 10.0. The third kappa shape index (κ3) is 3.68. The van der Waals surface area contributed by atoms with Crippen molar-refractivity contribution in [1.82, 2.24) is 15.1 Å². The number of alkyl halides is 3. The minimum Gasteiger partial charge on any atom is -0.349 e. The first-order valence-corrected chi connectivity index (χ1v) is 8.12. The largest absolute Gasteiger partial charge is 0.433 e. The number of nitrogens with zero attached hydrogens (tertiary/aromatic N) is 2. The summed E-state index contributed by atoms with van der Waals surface area (Å²) in [6.07, 6.45) is -0.587. The number of amides is 1. The highest BCUT2D eigenvalue weighted by molar-refractivity contribution is 5.95. The molecule has 3 N–H and O–H groups in total. The SMILES string of the molecule is NCC1CCCC1NC(=O)c1cccc(-n2nccc2C(F)(F)F)c1. The summed E-state index contributed by atoms with van der Waals surface area (Å²) in [6.45, 7) is 0.507. The molecule has 3 rings (SSSR count). The van der Waals surface area contributed by atoms with Crippen molar-refractivity contribution in [3.8, 4) is 5.69 Å². The van der Waals surface area contributed by atoms with Crippen LogP contribution in [0.1, 0.15) is 35.3 Å². The molecular formula is C17H19F3N4O. The van der Waals surface area contributed by atoms with E-state index in [0.717, 1.165) is 36.2 Å². The number of nitrogens with one attached hydrogen (secondary N) is 1. The molecule has 2 aromatic rings. The summed E-state index contributed by atoms with van der Waals surface area (Å²) in [4.78, 5) is 12.5. The highest BCUT2D eigenvalue weighted by atomic mass is 19.4. The molecule has 0 saturated heterocycles. The van der Waals surface area contributed by atoms with Crippen molar-refractivity contribution in [2.75, 3.05) is 6.54 Å². The number of carbonyl (C=O) groups excluding carboxylic acids is 1.